The molecule has 114 valence electrons. The standard InChI is InChI=1S/C14H24N2O3S.Na/c1-3-5-7-16(8-6-4-2)14(19)11-10-20-12(15-11)9-13(17)18;/h11H,3-10H2,1-2H3,(H,17,18);/q;+1/p-1. The Morgan fingerprint density at radius 3 is 2.33 bits per heavy atom. The maximum atomic E-state index is 12.4. The molecule has 1 rings (SSSR count). The molecule has 5 nitrogen and oxygen atoms in total. The molecule has 0 fully saturated rings. The van der Waals surface area contributed by atoms with E-state index in [1.807, 2.05) is 4.90 Å². The molecule has 0 N–H and O–H groups in total. The van der Waals surface area contributed by atoms with Crippen LogP contribution in [0.15, 0.2) is 4.99 Å². The third-order valence-electron chi connectivity index (χ3n) is 3.16. The molecule has 0 radical (unpaired) electrons. The van der Waals surface area contributed by atoms with Crippen molar-refractivity contribution in [2.45, 2.75) is 52.0 Å². The van der Waals surface area contributed by atoms with Crippen molar-refractivity contribution >= 4 is 28.7 Å². The first-order valence-electron chi connectivity index (χ1n) is 7.26. The number of carbonyl (C=O) groups is 2. The number of unbranched alkanes of at least 4 members (excludes halogenated alkanes) is 2. The summed E-state index contributed by atoms with van der Waals surface area (Å²) in [6, 6.07) is -0.414. The minimum atomic E-state index is -1.14. The molecule has 0 saturated carbocycles. The van der Waals surface area contributed by atoms with Crippen LogP contribution in [-0.4, -0.2) is 46.7 Å². The molecular weight excluding hydrogens is 299 g/mol. The third-order valence-corrected chi connectivity index (χ3v) is 4.23. The number of nitrogens with zero attached hydrogens (tertiary/aromatic N) is 2. The molecule has 1 aliphatic heterocycles. The van der Waals surface area contributed by atoms with Gasteiger partial charge in [0, 0.05) is 31.2 Å². The average Bonchev–Trinajstić information content (AvgIpc) is 2.86. The van der Waals surface area contributed by atoms with E-state index in [1.165, 1.54) is 11.8 Å². The normalized spacial score (nSPS) is 17.0. The summed E-state index contributed by atoms with van der Waals surface area (Å²) in [6.45, 7) is 5.73. The monoisotopic (exact) mass is 322 g/mol. The molecule has 0 saturated heterocycles. The Labute approximate surface area is 153 Å². The van der Waals surface area contributed by atoms with Crippen molar-refractivity contribution in [2.75, 3.05) is 18.8 Å². The first kappa shape index (κ1) is 21.0. The van der Waals surface area contributed by atoms with Crippen LogP contribution in [-0.2, 0) is 9.59 Å². The summed E-state index contributed by atoms with van der Waals surface area (Å²) in [5.74, 6) is -0.554. The van der Waals surface area contributed by atoms with Crippen LogP contribution >= 0.6 is 11.8 Å². The van der Waals surface area contributed by atoms with Gasteiger partial charge in [0.05, 0.1) is 5.04 Å². The Morgan fingerprint density at radius 1 is 1.29 bits per heavy atom. The maximum Gasteiger partial charge on any atom is 1.00 e. The minimum absolute atomic E-state index is 0. The van der Waals surface area contributed by atoms with E-state index in [1.54, 1.807) is 0 Å². The number of carbonyl (C=O) groups excluding carboxylic acids is 2. The number of aliphatic carboxylic acids is 1. The van der Waals surface area contributed by atoms with Gasteiger partial charge in [-0.2, -0.15) is 0 Å². The van der Waals surface area contributed by atoms with Crippen LogP contribution in [0.25, 0.3) is 0 Å². The van der Waals surface area contributed by atoms with Crippen molar-refractivity contribution in [1.29, 1.82) is 0 Å². The second-order valence-electron chi connectivity index (χ2n) is 4.93. The summed E-state index contributed by atoms with van der Waals surface area (Å²) in [6.07, 6.45) is 3.90. The number of thioether (sulfide) groups is 1. The summed E-state index contributed by atoms with van der Waals surface area (Å²) in [4.78, 5) is 29.1. The Balaban J connectivity index is 0.00000400. The smallest absolute Gasteiger partial charge is 0.550 e. The molecule has 1 heterocycles. The second kappa shape index (κ2) is 11.5. The van der Waals surface area contributed by atoms with Crippen LogP contribution in [0.5, 0.6) is 0 Å². The van der Waals surface area contributed by atoms with E-state index in [2.05, 4.69) is 18.8 Å². The second-order valence-corrected chi connectivity index (χ2v) is 6.02. The van der Waals surface area contributed by atoms with E-state index < -0.39 is 12.0 Å². The minimum Gasteiger partial charge on any atom is -0.550 e. The Kier molecular flexibility index (Phi) is 11.5. The Hall–Kier alpha value is -0.0400. The summed E-state index contributed by atoms with van der Waals surface area (Å²) in [7, 11) is 0. The number of aliphatic imine (C=N–C) groups is 1. The van der Waals surface area contributed by atoms with E-state index in [-0.39, 0.29) is 41.9 Å². The van der Waals surface area contributed by atoms with Crippen molar-refractivity contribution in [3.63, 3.8) is 0 Å². The molecule has 0 aromatic carbocycles. The van der Waals surface area contributed by atoms with E-state index in [4.69, 9.17) is 0 Å². The van der Waals surface area contributed by atoms with Crippen molar-refractivity contribution < 1.29 is 44.3 Å². The van der Waals surface area contributed by atoms with Gasteiger partial charge in [-0.15, -0.1) is 11.8 Å². The average molecular weight is 322 g/mol. The van der Waals surface area contributed by atoms with Crippen LogP contribution < -0.4 is 34.7 Å². The Morgan fingerprint density at radius 2 is 1.86 bits per heavy atom. The number of carboxylic acid groups (broad SMARTS) is 1. The van der Waals surface area contributed by atoms with Gasteiger partial charge in [0.2, 0.25) is 5.91 Å². The van der Waals surface area contributed by atoms with Crippen molar-refractivity contribution in [1.82, 2.24) is 4.90 Å². The molecule has 7 heteroatoms. The molecule has 1 unspecified atom stereocenters. The third kappa shape index (κ3) is 7.68. The predicted octanol–water partition coefficient (Wildman–Crippen LogP) is -1.93. The summed E-state index contributed by atoms with van der Waals surface area (Å²) in [5, 5.41) is 11.1. The molecule has 1 amide bonds. The number of hydrogen-bond donors (Lipinski definition) is 0. The van der Waals surface area contributed by atoms with E-state index in [0.29, 0.717) is 10.8 Å². The van der Waals surface area contributed by atoms with Gasteiger partial charge in [-0.3, -0.25) is 9.79 Å². The summed E-state index contributed by atoms with van der Waals surface area (Å²) >= 11 is 1.35. The number of amides is 1. The fourth-order valence-corrected chi connectivity index (χ4v) is 3.00. The fraction of sp³-hybridized carbons (Fsp3) is 0.786. The molecule has 0 aromatic rings. The van der Waals surface area contributed by atoms with Gasteiger partial charge in [-0.05, 0) is 12.8 Å². The van der Waals surface area contributed by atoms with Crippen LogP contribution in [0.4, 0.5) is 0 Å². The largest absolute Gasteiger partial charge is 1.00 e. The van der Waals surface area contributed by atoms with Gasteiger partial charge in [0.1, 0.15) is 6.04 Å². The number of hydrogen-bond acceptors (Lipinski definition) is 5. The van der Waals surface area contributed by atoms with Gasteiger partial charge in [0.25, 0.3) is 0 Å². The predicted molar refractivity (Wildman–Crippen MR) is 79.7 cm³/mol. The molecule has 0 spiro atoms. The quantitative estimate of drug-likeness (QED) is 0.464. The topological polar surface area (TPSA) is 72.8 Å². The zero-order chi connectivity index (χ0) is 15.0. The number of rotatable bonds is 9. The van der Waals surface area contributed by atoms with Gasteiger partial charge >= 0.3 is 29.6 Å². The van der Waals surface area contributed by atoms with Crippen LogP contribution in [0.3, 0.4) is 0 Å². The first-order chi connectivity index (χ1) is 9.58. The van der Waals surface area contributed by atoms with Crippen LogP contribution in [0.1, 0.15) is 46.0 Å². The van der Waals surface area contributed by atoms with Gasteiger partial charge in [-0.1, -0.05) is 26.7 Å². The van der Waals surface area contributed by atoms with Crippen molar-refractivity contribution in [3.8, 4) is 0 Å². The SMILES string of the molecule is CCCCN(CCCC)C(=O)C1CSC(CC(=O)[O-])=N1.[Na+]. The number of carboxylic acids is 1. The van der Waals surface area contributed by atoms with Crippen molar-refractivity contribution in [2.24, 2.45) is 4.99 Å². The molecule has 0 aromatic heterocycles. The van der Waals surface area contributed by atoms with Crippen molar-refractivity contribution in [3.05, 3.63) is 0 Å². The fourth-order valence-electron chi connectivity index (χ4n) is 2.01. The van der Waals surface area contributed by atoms with E-state index >= 15 is 0 Å². The zero-order valence-corrected chi connectivity index (χ0v) is 16.1. The van der Waals surface area contributed by atoms with E-state index in [0.717, 1.165) is 38.8 Å². The molecular formula is C14H23N2NaO3S. The van der Waals surface area contributed by atoms with Crippen LogP contribution in [0.2, 0.25) is 0 Å². The van der Waals surface area contributed by atoms with Gasteiger partial charge in [-0.25, -0.2) is 0 Å². The maximum absolute atomic E-state index is 12.4. The van der Waals surface area contributed by atoms with Crippen LogP contribution in [0, 0.1) is 0 Å². The first-order valence-corrected chi connectivity index (χ1v) is 8.25. The Bertz CT molecular complexity index is 369. The van der Waals surface area contributed by atoms with Gasteiger partial charge in [0.15, 0.2) is 0 Å². The summed E-state index contributed by atoms with van der Waals surface area (Å²) < 4.78 is 0. The molecule has 1 atom stereocenters. The zero-order valence-electron chi connectivity index (χ0n) is 13.3. The molecule has 0 bridgehead atoms. The molecule has 21 heavy (non-hydrogen) atoms. The molecule has 0 aliphatic carbocycles. The van der Waals surface area contributed by atoms with E-state index in [9.17, 15) is 14.7 Å². The summed E-state index contributed by atoms with van der Waals surface area (Å²) in [5.41, 5.74) is 0. The van der Waals surface area contributed by atoms with Gasteiger partial charge < -0.3 is 14.8 Å². The molecule has 1 aliphatic rings.